The van der Waals surface area contributed by atoms with E-state index in [0.29, 0.717) is 50.6 Å². The number of piperazine rings is 1. The average Bonchev–Trinajstić information content (AvgIpc) is 3.27. The second-order valence-corrected chi connectivity index (χ2v) is 10.5. The smallest absolute Gasteiger partial charge is 0.357 e. The third-order valence-electron chi connectivity index (χ3n) is 6.20. The zero-order chi connectivity index (χ0) is 24.5. The molecule has 1 aromatic carbocycles. The average molecular weight is 498 g/mol. The maximum atomic E-state index is 13.1. The molecule has 1 aromatic heterocycles. The van der Waals surface area contributed by atoms with Gasteiger partial charge in [0.2, 0.25) is 0 Å². The molecular weight excluding hydrogens is 471 g/mol. The number of alkyl halides is 3. The zero-order valence-corrected chi connectivity index (χ0v) is 19.5. The van der Waals surface area contributed by atoms with Crippen molar-refractivity contribution in [2.45, 2.75) is 16.9 Å². The van der Waals surface area contributed by atoms with Crippen LogP contribution in [0.4, 0.5) is 18.9 Å². The lowest BCUT2D eigenvalue weighted by Crippen LogP contribution is -2.47. The number of rotatable bonds is 5. The molecule has 12 heteroatoms. The molecule has 0 aliphatic carbocycles. The van der Waals surface area contributed by atoms with E-state index in [-0.39, 0.29) is 5.91 Å². The van der Waals surface area contributed by atoms with E-state index < -0.39 is 20.2 Å². The van der Waals surface area contributed by atoms with Crippen LogP contribution >= 0.6 is 0 Å². The van der Waals surface area contributed by atoms with Gasteiger partial charge in [-0.15, -0.1) is 0 Å². The Hall–Kier alpha value is -2.70. The summed E-state index contributed by atoms with van der Waals surface area (Å²) in [7, 11) is -3.34. The number of carbonyl (C=O) groups excluding carboxylic acids is 1. The standard InChI is InChI=1S/C22H26F3N5O3S/c1-27-8-11-29(12-9-27)21(31)20-14-26-7-6-17(20)15-28-10-13-30(16-28)18-2-4-19(5-3-18)34(32,33)22(23,24)25/h2-7,14H,8-13,15-16H2,1H3. The number of likely N-dealkylation sites (N-methyl/N-ethyl adjacent to an activating group) is 1. The van der Waals surface area contributed by atoms with Gasteiger partial charge in [0, 0.05) is 63.9 Å². The molecule has 1 amide bonds. The van der Waals surface area contributed by atoms with Crippen molar-refractivity contribution in [1.82, 2.24) is 19.7 Å². The van der Waals surface area contributed by atoms with E-state index in [0.717, 1.165) is 30.8 Å². The second kappa shape index (κ2) is 9.51. The van der Waals surface area contributed by atoms with Gasteiger partial charge < -0.3 is 14.7 Å². The highest BCUT2D eigenvalue weighted by atomic mass is 32.2. The summed E-state index contributed by atoms with van der Waals surface area (Å²) < 4.78 is 61.4. The molecule has 2 saturated heterocycles. The first-order valence-electron chi connectivity index (χ1n) is 10.9. The molecule has 0 bridgehead atoms. The topological polar surface area (TPSA) is 77.1 Å². The van der Waals surface area contributed by atoms with Crippen molar-refractivity contribution in [2.24, 2.45) is 0 Å². The van der Waals surface area contributed by atoms with Gasteiger partial charge in [-0.1, -0.05) is 0 Å². The second-order valence-electron chi connectivity index (χ2n) is 8.53. The van der Waals surface area contributed by atoms with Gasteiger partial charge in [0.15, 0.2) is 0 Å². The quantitative estimate of drug-likeness (QED) is 0.626. The van der Waals surface area contributed by atoms with Crippen LogP contribution in [0.3, 0.4) is 0 Å². The highest BCUT2D eigenvalue weighted by Gasteiger charge is 2.46. The fraction of sp³-hybridized carbons (Fsp3) is 0.455. The Kier molecular flexibility index (Phi) is 6.83. The van der Waals surface area contributed by atoms with Crippen molar-refractivity contribution < 1.29 is 26.4 Å². The molecule has 2 fully saturated rings. The molecular formula is C22H26F3N5O3S. The molecule has 34 heavy (non-hydrogen) atoms. The number of carbonyl (C=O) groups is 1. The van der Waals surface area contributed by atoms with Crippen LogP contribution in [0, 0.1) is 0 Å². The number of hydrogen-bond acceptors (Lipinski definition) is 7. The first kappa shape index (κ1) is 24.4. The molecule has 0 unspecified atom stereocenters. The van der Waals surface area contributed by atoms with Gasteiger partial charge in [0.1, 0.15) is 0 Å². The van der Waals surface area contributed by atoms with Crippen LogP contribution in [0.15, 0.2) is 47.6 Å². The van der Waals surface area contributed by atoms with Gasteiger partial charge in [0.05, 0.1) is 17.1 Å². The number of nitrogens with zero attached hydrogens (tertiary/aromatic N) is 5. The molecule has 3 heterocycles. The zero-order valence-electron chi connectivity index (χ0n) is 18.7. The minimum Gasteiger partial charge on any atom is -0.357 e. The molecule has 0 radical (unpaired) electrons. The minimum absolute atomic E-state index is 0.0336. The summed E-state index contributed by atoms with van der Waals surface area (Å²) in [4.78, 5) is 24.5. The molecule has 184 valence electrons. The molecule has 2 aliphatic heterocycles. The maximum absolute atomic E-state index is 13.1. The van der Waals surface area contributed by atoms with Gasteiger partial charge >= 0.3 is 5.51 Å². The number of anilines is 1. The Morgan fingerprint density at radius 3 is 2.32 bits per heavy atom. The highest BCUT2D eigenvalue weighted by molar-refractivity contribution is 7.92. The van der Waals surface area contributed by atoms with Crippen LogP contribution in [0.25, 0.3) is 0 Å². The highest BCUT2D eigenvalue weighted by Crippen LogP contribution is 2.31. The van der Waals surface area contributed by atoms with E-state index >= 15 is 0 Å². The Balaban J connectivity index is 1.42. The molecule has 0 spiro atoms. The van der Waals surface area contributed by atoms with Crippen molar-refractivity contribution in [1.29, 1.82) is 0 Å². The van der Waals surface area contributed by atoms with Crippen LogP contribution in [0.2, 0.25) is 0 Å². The Bertz CT molecular complexity index is 1130. The summed E-state index contributed by atoms with van der Waals surface area (Å²) in [6.07, 6.45) is 3.26. The SMILES string of the molecule is CN1CCN(C(=O)c2cnccc2CN2CCN(c3ccc(S(=O)(=O)C(F)(F)F)cc3)C2)CC1. The monoisotopic (exact) mass is 497 g/mol. The van der Waals surface area contributed by atoms with Crippen LogP contribution < -0.4 is 4.90 Å². The minimum atomic E-state index is -5.37. The van der Waals surface area contributed by atoms with Crippen molar-refractivity contribution in [2.75, 3.05) is 57.9 Å². The van der Waals surface area contributed by atoms with Crippen LogP contribution in [0.1, 0.15) is 15.9 Å². The fourth-order valence-corrected chi connectivity index (χ4v) is 4.89. The van der Waals surface area contributed by atoms with E-state index in [1.54, 1.807) is 12.4 Å². The van der Waals surface area contributed by atoms with Crippen LogP contribution in [-0.2, 0) is 16.4 Å². The maximum Gasteiger partial charge on any atom is 0.501 e. The summed E-state index contributed by atoms with van der Waals surface area (Å²) in [6.45, 7) is 5.31. The molecule has 0 N–H and O–H groups in total. The number of sulfone groups is 1. The van der Waals surface area contributed by atoms with E-state index in [2.05, 4.69) is 14.8 Å². The molecule has 8 nitrogen and oxygen atoms in total. The number of pyridine rings is 1. The van der Waals surface area contributed by atoms with Crippen molar-refractivity contribution >= 4 is 21.4 Å². The summed E-state index contributed by atoms with van der Waals surface area (Å²) in [5.41, 5.74) is -3.25. The molecule has 0 saturated carbocycles. The third-order valence-corrected chi connectivity index (χ3v) is 7.70. The van der Waals surface area contributed by atoms with Crippen LogP contribution in [0.5, 0.6) is 0 Å². The number of hydrogen-bond donors (Lipinski definition) is 0. The molecule has 2 aliphatic rings. The van der Waals surface area contributed by atoms with E-state index in [1.807, 2.05) is 22.9 Å². The summed E-state index contributed by atoms with van der Waals surface area (Å²) >= 11 is 0. The van der Waals surface area contributed by atoms with E-state index in [9.17, 15) is 26.4 Å². The number of amides is 1. The van der Waals surface area contributed by atoms with Gasteiger partial charge in [-0.25, -0.2) is 8.42 Å². The van der Waals surface area contributed by atoms with Crippen molar-refractivity contribution in [3.8, 4) is 0 Å². The van der Waals surface area contributed by atoms with Gasteiger partial charge in [-0.2, -0.15) is 13.2 Å². The van der Waals surface area contributed by atoms with E-state index in [1.165, 1.54) is 12.1 Å². The fourth-order valence-electron chi connectivity index (χ4n) is 4.13. The molecule has 0 atom stereocenters. The number of aromatic nitrogens is 1. The summed E-state index contributed by atoms with van der Waals surface area (Å²) in [6, 6.07) is 6.57. The molecule has 2 aromatic rings. The first-order valence-corrected chi connectivity index (χ1v) is 12.3. The normalized spacial score (nSPS) is 18.5. The lowest BCUT2D eigenvalue weighted by molar-refractivity contribution is -0.0436. The van der Waals surface area contributed by atoms with Crippen LogP contribution in [-0.4, -0.2) is 92.5 Å². The van der Waals surface area contributed by atoms with E-state index in [4.69, 9.17) is 0 Å². The number of benzene rings is 1. The predicted molar refractivity (Wildman–Crippen MR) is 120 cm³/mol. The summed E-state index contributed by atoms with van der Waals surface area (Å²) in [5.74, 6) is -0.0336. The number of halogens is 3. The third kappa shape index (κ3) is 5.03. The predicted octanol–water partition coefficient (Wildman–Crippen LogP) is 2.04. The Morgan fingerprint density at radius 1 is 1.00 bits per heavy atom. The van der Waals surface area contributed by atoms with Crippen molar-refractivity contribution in [3.63, 3.8) is 0 Å². The van der Waals surface area contributed by atoms with Crippen molar-refractivity contribution in [3.05, 3.63) is 53.9 Å². The van der Waals surface area contributed by atoms with Gasteiger partial charge in [-0.05, 0) is 42.9 Å². The lowest BCUT2D eigenvalue weighted by Gasteiger charge is -2.33. The first-order chi connectivity index (χ1) is 16.1. The Morgan fingerprint density at radius 2 is 1.68 bits per heavy atom. The van der Waals surface area contributed by atoms with Gasteiger partial charge in [-0.3, -0.25) is 14.7 Å². The Labute approximate surface area is 196 Å². The summed E-state index contributed by atoms with van der Waals surface area (Å²) in [5, 5.41) is 0. The van der Waals surface area contributed by atoms with Gasteiger partial charge in [0.25, 0.3) is 15.7 Å². The lowest BCUT2D eigenvalue weighted by atomic mass is 10.1. The largest absolute Gasteiger partial charge is 0.501 e. The molecule has 4 rings (SSSR count).